The second-order valence-corrected chi connectivity index (χ2v) is 6.00. The Balaban J connectivity index is 1.68. The Morgan fingerprint density at radius 1 is 1.33 bits per heavy atom. The highest BCUT2D eigenvalue weighted by Crippen LogP contribution is 2.23. The maximum atomic E-state index is 11.9. The summed E-state index contributed by atoms with van der Waals surface area (Å²) in [5.41, 5.74) is 1.10. The van der Waals surface area contributed by atoms with Crippen LogP contribution in [-0.2, 0) is 16.0 Å². The first-order valence-corrected chi connectivity index (χ1v) is 7.80. The zero-order chi connectivity index (χ0) is 15.2. The van der Waals surface area contributed by atoms with Crippen molar-refractivity contribution < 1.29 is 9.59 Å². The van der Waals surface area contributed by atoms with Gasteiger partial charge in [0, 0.05) is 19.5 Å². The molecule has 114 valence electrons. The Labute approximate surface area is 134 Å². The average Bonchev–Trinajstić information content (AvgIpc) is 2.47. The van der Waals surface area contributed by atoms with Crippen LogP contribution >= 0.6 is 23.2 Å². The third kappa shape index (κ3) is 4.90. The van der Waals surface area contributed by atoms with E-state index in [0.717, 1.165) is 18.4 Å². The monoisotopic (exact) mass is 328 g/mol. The normalized spacial score (nSPS) is 18.2. The van der Waals surface area contributed by atoms with Gasteiger partial charge in [0.05, 0.1) is 16.0 Å². The van der Waals surface area contributed by atoms with Crippen molar-refractivity contribution in [3.63, 3.8) is 0 Å². The molecule has 1 aliphatic heterocycles. The number of benzene rings is 1. The van der Waals surface area contributed by atoms with E-state index in [1.165, 1.54) is 0 Å². The highest BCUT2D eigenvalue weighted by molar-refractivity contribution is 6.42. The molecule has 1 aromatic carbocycles. The molecule has 1 fully saturated rings. The lowest BCUT2D eigenvalue weighted by molar-refractivity contribution is -0.128. The van der Waals surface area contributed by atoms with Crippen molar-refractivity contribution in [1.29, 1.82) is 0 Å². The maximum absolute atomic E-state index is 11.9. The minimum atomic E-state index is -0.104. The predicted octanol–water partition coefficient (Wildman–Crippen LogP) is 2.57. The van der Waals surface area contributed by atoms with Gasteiger partial charge in [0.1, 0.15) is 0 Å². The molecular weight excluding hydrogens is 311 g/mol. The molecule has 0 radical (unpaired) electrons. The van der Waals surface area contributed by atoms with E-state index >= 15 is 0 Å². The first-order chi connectivity index (χ1) is 10.1. The summed E-state index contributed by atoms with van der Waals surface area (Å²) in [7, 11) is 0. The standard InChI is InChI=1S/C15H18Cl2N2O2/c16-12-5-3-10(8-13(12)17)2-1-7-18-15(21)11-4-6-14(20)19-9-11/h3,5,8,11H,1-2,4,6-7,9H2,(H,18,21)(H,19,20). The summed E-state index contributed by atoms with van der Waals surface area (Å²) >= 11 is 11.8. The summed E-state index contributed by atoms with van der Waals surface area (Å²) in [6.07, 6.45) is 2.73. The number of hydrogen-bond donors (Lipinski definition) is 2. The molecular formula is C15H18Cl2N2O2. The number of hydrogen-bond acceptors (Lipinski definition) is 2. The fourth-order valence-corrected chi connectivity index (χ4v) is 2.62. The van der Waals surface area contributed by atoms with Gasteiger partial charge in [0.15, 0.2) is 0 Å². The largest absolute Gasteiger partial charge is 0.356 e. The third-order valence-corrected chi connectivity index (χ3v) is 4.30. The molecule has 0 aromatic heterocycles. The highest BCUT2D eigenvalue weighted by Gasteiger charge is 2.23. The van der Waals surface area contributed by atoms with Gasteiger partial charge in [-0.1, -0.05) is 29.3 Å². The van der Waals surface area contributed by atoms with Gasteiger partial charge in [0.25, 0.3) is 0 Å². The van der Waals surface area contributed by atoms with Gasteiger partial charge in [-0.05, 0) is 37.0 Å². The van der Waals surface area contributed by atoms with E-state index in [0.29, 0.717) is 36.0 Å². The van der Waals surface area contributed by atoms with Gasteiger partial charge in [-0.2, -0.15) is 0 Å². The van der Waals surface area contributed by atoms with Crippen molar-refractivity contribution in [1.82, 2.24) is 10.6 Å². The molecule has 1 unspecified atom stereocenters. The SMILES string of the molecule is O=C1CCC(C(=O)NCCCc2ccc(Cl)c(Cl)c2)CN1. The fraction of sp³-hybridized carbons (Fsp3) is 0.467. The van der Waals surface area contributed by atoms with E-state index in [4.69, 9.17) is 23.2 Å². The molecule has 2 rings (SSSR count). The van der Waals surface area contributed by atoms with Crippen LogP contribution in [0, 0.1) is 5.92 Å². The number of piperidine rings is 1. The summed E-state index contributed by atoms with van der Waals surface area (Å²) in [5, 5.41) is 6.73. The van der Waals surface area contributed by atoms with Crippen LogP contribution in [-0.4, -0.2) is 24.9 Å². The quantitative estimate of drug-likeness (QED) is 0.816. The first-order valence-electron chi connectivity index (χ1n) is 7.04. The lowest BCUT2D eigenvalue weighted by Crippen LogP contribution is -2.43. The number of carbonyl (C=O) groups is 2. The second kappa shape index (κ2) is 7.66. The van der Waals surface area contributed by atoms with Gasteiger partial charge < -0.3 is 10.6 Å². The Hall–Kier alpha value is -1.26. The van der Waals surface area contributed by atoms with Crippen molar-refractivity contribution in [2.24, 2.45) is 5.92 Å². The van der Waals surface area contributed by atoms with Gasteiger partial charge in [-0.3, -0.25) is 9.59 Å². The molecule has 2 amide bonds. The molecule has 4 nitrogen and oxygen atoms in total. The van der Waals surface area contributed by atoms with Crippen LogP contribution in [0.2, 0.25) is 10.0 Å². The summed E-state index contributed by atoms with van der Waals surface area (Å²) in [6.45, 7) is 1.06. The smallest absolute Gasteiger partial charge is 0.224 e. The van der Waals surface area contributed by atoms with Crippen LogP contribution in [0.1, 0.15) is 24.8 Å². The van der Waals surface area contributed by atoms with Crippen LogP contribution in [0.15, 0.2) is 18.2 Å². The zero-order valence-electron chi connectivity index (χ0n) is 11.6. The van der Waals surface area contributed by atoms with E-state index in [2.05, 4.69) is 10.6 Å². The Morgan fingerprint density at radius 3 is 2.81 bits per heavy atom. The van der Waals surface area contributed by atoms with Crippen molar-refractivity contribution in [2.75, 3.05) is 13.1 Å². The van der Waals surface area contributed by atoms with Crippen LogP contribution in [0.3, 0.4) is 0 Å². The molecule has 1 atom stereocenters. The van der Waals surface area contributed by atoms with Crippen LogP contribution in [0.4, 0.5) is 0 Å². The van der Waals surface area contributed by atoms with Crippen LogP contribution in [0.5, 0.6) is 0 Å². The maximum Gasteiger partial charge on any atom is 0.224 e. The Kier molecular flexibility index (Phi) is 5.88. The molecule has 1 aliphatic rings. The number of halogens is 2. The topological polar surface area (TPSA) is 58.2 Å². The van der Waals surface area contributed by atoms with Crippen molar-refractivity contribution >= 4 is 35.0 Å². The van der Waals surface area contributed by atoms with Gasteiger partial charge in [-0.15, -0.1) is 0 Å². The van der Waals surface area contributed by atoms with Crippen molar-refractivity contribution in [3.05, 3.63) is 33.8 Å². The number of amides is 2. The fourth-order valence-electron chi connectivity index (χ4n) is 2.30. The summed E-state index contributed by atoms with van der Waals surface area (Å²) in [6, 6.07) is 5.57. The minimum absolute atomic E-state index is 0.0177. The average molecular weight is 329 g/mol. The van der Waals surface area contributed by atoms with Crippen LogP contribution in [0.25, 0.3) is 0 Å². The van der Waals surface area contributed by atoms with Crippen LogP contribution < -0.4 is 10.6 Å². The third-order valence-electron chi connectivity index (χ3n) is 3.56. The zero-order valence-corrected chi connectivity index (χ0v) is 13.1. The Bertz CT molecular complexity index is 524. The summed E-state index contributed by atoms with van der Waals surface area (Å²) in [4.78, 5) is 23.0. The lowest BCUT2D eigenvalue weighted by atomic mass is 9.98. The molecule has 2 N–H and O–H groups in total. The molecule has 0 bridgehead atoms. The molecule has 1 saturated heterocycles. The Morgan fingerprint density at radius 2 is 2.14 bits per heavy atom. The van der Waals surface area contributed by atoms with Gasteiger partial charge >= 0.3 is 0 Å². The van der Waals surface area contributed by atoms with E-state index < -0.39 is 0 Å². The van der Waals surface area contributed by atoms with Crippen molar-refractivity contribution in [2.45, 2.75) is 25.7 Å². The molecule has 6 heteroatoms. The number of carbonyl (C=O) groups excluding carboxylic acids is 2. The van der Waals surface area contributed by atoms with E-state index in [1.807, 2.05) is 12.1 Å². The highest BCUT2D eigenvalue weighted by atomic mass is 35.5. The molecule has 21 heavy (non-hydrogen) atoms. The van der Waals surface area contributed by atoms with Gasteiger partial charge in [-0.25, -0.2) is 0 Å². The summed E-state index contributed by atoms with van der Waals surface area (Å²) < 4.78 is 0. The number of nitrogens with one attached hydrogen (secondary N) is 2. The van der Waals surface area contributed by atoms with E-state index in [1.54, 1.807) is 6.07 Å². The van der Waals surface area contributed by atoms with E-state index in [-0.39, 0.29) is 17.7 Å². The minimum Gasteiger partial charge on any atom is -0.356 e. The summed E-state index contributed by atoms with van der Waals surface area (Å²) in [5.74, 6) is -0.0597. The van der Waals surface area contributed by atoms with E-state index in [9.17, 15) is 9.59 Å². The lowest BCUT2D eigenvalue weighted by Gasteiger charge is -2.21. The molecule has 0 spiro atoms. The second-order valence-electron chi connectivity index (χ2n) is 5.18. The van der Waals surface area contributed by atoms with Crippen molar-refractivity contribution in [3.8, 4) is 0 Å². The molecule has 0 aliphatic carbocycles. The number of aryl methyl sites for hydroxylation is 1. The number of rotatable bonds is 5. The first kappa shape index (κ1) is 16.1. The van der Waals surface area contributed by atoms with Gasteiger partial charge in [0.2, 0.25) is 11.8 Å². The molecule has 1 aromatic rings. The molecule has 0 saturated carbocycles. The predicted molar refractivity (Wildman–Crippen MR) is 83.5 cm³/mol. The molecule has 1 heterocycles.